The van der Waals surface area contributed by atoms with E-state index in [-0.39, 0.29) is 36.3 Å². The van der Waals surface area contributed by atoms with Gasteiger partial charge in [-0.05, 0) is 84.7 Å². The van der Waals surface area contributed by atoms with E-state index in [1.165, 1.54) is 28.8 Å². The van der Waals surface area contributed by atoms with Crippen molar-refractivity contribution in [3.63, 3.8) is 0 Å². The molecule has 0 bridgehead atoms. The average molecular weight is 468 g/mol. The van der Waals surface area contributed by atoms with Gasteiger partial charge in [-0.25, -0.2) is 4.39 Å². The van der Waals surface area contributed by atoms with E-state index in [1.54, 1.807) is 12.1 Å². The van der Waals surface area contributed by atoms with E-state index in [0.717, 1.165) is 32.1 Å². The highest BCUT2D eigenvalue weighted by molar-refractivity contribution is 5.77. The van der Waals surface area contributed by atoms with Gasteiger partial charge in [-0.2, -0.15) is 0 Å². The van der Waals surface area contributed by atoms with Crippen LogP contribution in [0.4, 0.5) is 10.1 Å². The minimum Gasteiger partial charge on any atom is -0.462 e. The van der Waals surface area contributed by atoms with Crippen molar-refractivity contribution in [2.75, 3.05) is 18.5 Å². The molecule has 0 heterocycles. The van der Waals surface area contributed by atoms with Gasteiger partial charge in [0.05, 0.1) is 5.41 Å². The first-order valence-corrected chi connectivity index (χ1v) is 12.6. The Labute approximate surface area is 202 Å². The summed E-state index contributed by atoms with van der Waals surface area (Å²) in [7, 11) is 0. The number of fused-ring (bicyclic) bond motifs is 3. The van der Waals surface area contributed by atoms with Crippen molar-refractivity contribution in [3.05, 3.63) is 65.0 Å². The fourth-order valence-electron chi connectivity index (χ4n) is 6.34. The van der Waals surface area contributed by atoms with Gasteiger partial charge in [0.2, 0.25) is 0 Å². The molecule has 2 N–H and O–H groups in total. The lowest BCUT2D eigenvalue weighted by Gasteiger charge is -2.54. The van der Waals surface area contributed by atoms with Crippen LogP contribution >= 0.6 is 0 Å². The predicted molar refractivity (Wildman–Crippen MR) is 134 cm³/mol. The summed E-state index contributed by atoms with van der Waals surface area (Å²) in [5, 5.41) is 13.4. The standard InChI is InChI=1S/C29H38FNO3/c1-19(2)20-9-11-25-21(15-20)10-12-26-28(25,3)13-6-14-29(26,4)27(33)34-18-24(32)17-31-23-8-5-7-22(30)16-23/h5,7-9,11,15-16,19,24,26,31-32H,6,10,12-14,17-18H2,1-4H3/t24?,26?,28-,29-/m1/s1. The van der Waals surface area contributed by atoms with E-state index in [2.05, 4.69) is 51.2 Å². The Hall–Kier alpha value is -2.40. The third kappa shape index (κ3) is 4.72. The summed E-state index contributed by atoms with van der Waals surface area (Å²) in [6, 6.07) is 13.0. The van der Waals surface area contributed by atoms with Gasteiger partial charge in [-0.3, -0.25) is 4.79 Å². The lowest BCUT2D eigenvalue weighted by atomic mass is 9.49. The number of aryl methyl sites for hydroxylation is 1. The molecule has 0 aromatic heterocycles. The quantitative estimate of drug-likeness (QED) is 0.492. The molecule has 34 heavy (non-hydrogen) atoms. The summed E-state index contributed by atoms with van der Waals surface area (Å²) in [6.07, 6.45) is 3.96. The minimum absolute atomic E-state index is 0.0489. The summed E-state index contributed by atoms with van der Waals surface area (Å²) in [4.78, 5) is 13.4. The maximum absolute atomic E-state index is 13.4. The molecule has 4 atom stereocenters. The molecular formula is C29H38FNO3. The van der Waals surface area contributed by atoms with E-state index in [1.807, 2.05) is 0 Å². The smallest absolute Gasteiger partial charge is 0.312 e. The molecule has 2 aliphatic carbocycles. The number of nitrogens with one attached hydrogen (secondary N) is 1. The van der Waals surface area contributed by atoms with Gasteiger partial charge in [0, 0.05) is 12.2 Å². The molecule has 0 aliphatic heterocycles. The van der Waals surface area contributed by atoms with Gasteiger partial charge in [0.15, 0.2) is 0 Å². The molecular weight excluding hydrogens is 429 g/mol. The van der Waals surface area contributed by atoms with Crippen LogP contribution in [-0.2, 0) is 21.4 Å². The van der Waals surface area contributed by atoms with Gasteiger partial charge in [-0.1, -0.05) is 51.5 Å². The zero-order chi connectivity index (χ0) is 24.5. The van der Waals surface area contributed by atoms with Gasteiger partial charge < -0.3 is 15.2 Å². The van der Waals surface area contributed by atoms with Crippen molar-refractivity contribution in [1.82, 2.24) is 0 Å². The minimum atomic E-state index is -0.868. The Balaban J connectivity index is 1.43. The Morgan fingerprint density at radius 3 is 2.74 bits per heavy atom. The highest BCUT2D eigenvalue weighted by atomic mass is 19.1. The second kappa shape index (κ2) is 9.69. The first-order chi connectivity index (χ1) is 16.1. The second-order valence-electron chi connectivity index (χ2n) is 11.0. The number of carbonyl (C=O) groups excluding carboxylic acids is 1. The first kappa shape index (κ1) is 24.7. The van der Waals surface area contributed by atoms with Crippen LogP contribution in [0.15, 0.2) is 42.5 Å². The number of rotatable bonds is 7. The molecule has 5 heteroatoms. The summed E-state index contributed by atoms with van der Waals surface area (Å²) >= 11 is 0. The normalized spacial score (nSPS) is 27.0. The van der Waals surface area contributed by atoms with Crippen LogP contribution in [0.3, 0.4) is 0 Å². The molecule has 2 aromatic rings. The van der Waals surface area contributed by atoms with Gasteiger partial charge >= 0.3 is 5.97 Å². The van der Waals surface area contributed by atoms with E-state index >= 15 is 0 Å². The van der Waals surface area contributed by atoms with Gasteiger partial charge in [0.1, 0.15) is 18.5 Å². The summed E-state index contributed by atoms with van der Waals surface area (Å²) < 4.78 is 19.0. The van der Waals surface area contributed by atoms with Crippen LogP contribution < -0.4 is 5.32 Å². The molecule has 4 nitrogen and oxygen atoms in total. The Morgan fingerprint density at radius 2 is 2.00 bits per heavy atom. The lowest BCUT2D eigenvalue weighted by Crippen LogP contribution is -2.53. The van der Waals surface area contributed by atoms with Gasteiger partial charge in [-0.15, -0.1) is 0 Å². The number of carbonyl (C=O) groups is 1. The second-order valence-corrected chi connectivity index (χ2v) is 11.0. The van der Waals surface area contributed by atoms with Crippen LogP contribution in [0.1, 0.15) is 76.0 Å². The average Bonchev–Trinajstić information content (AvgIpc) is 2.80. The molecule has 1 saturated carbocycles. The maximum atomic E-state index is 13.4. The monoisotopic (exact) mass is 467 g/mol. The number of esters is 1. The van der Waals surface area contributed by atoms with Crippen LogP contribution in [0.2, 0.25) is 0 Å². The van der Waals surface area contributed by atoms with E-state index < -0.39 is 11.5 Å². The summed E-state index contributed by atoms with van der Waals surface area (Å²) in [6.45, 7) is 8.94. The summed E-state index contributed by atoms with van der Waals surface area (Å²) in [5.41, 5.74) is 4.16. The highest BCUT2D eigenvalue weighted by Crippen LogP contribution is 2.57. The fourth-order valence-corrected chi connectivity index (χ4v) is 6.34. The fraction of sp³-hybridized carbons (Fsp3) is 0.552. The van der Waals surface area contributed by atoms with Gasteiger partial charge in [0.25, 0.3) is 0 Å². The number of aliphatic hydroxyl groups excluding tert-OH is 1. The zero-order valence-corrected chi connectivity index (χ0v) is 20.9. The van der Waals surface area contributed by atoms with E-state index in [4.69, 9.17) is 4.74 Å². The number of halogens is 1. The van der Waals surface area contributed by atoms with Crippen molar-refractivity contribution < 1.29 is 19.0 Å². The topological polar surface area (TPSA) is 58.6 Å². The van der Waals surface area contributed by atoms with Crippen molar-refractivity contribution in [3.8, 4) is 0 Å². The molecule has 0 saturated heterocycles. The Morgan fingerprint density at radius 1 is 1.21 bits per heavy atom. The molecule has 184 valence electrons. The molecule has 1 fully saturated rings. The van der Waals surface area contributed by atoms with Crippen molar-refractivity contribution in [1.29, 1.82) is 0 Å². The number of hydrogen-bond acceptors (Lipinski definition) is 4. The third-order valence-corrected chi connectivity index (χ3v) is 8.28. The Kier molecular flexibility index (Phi) is 7.04. The molecule has 2 aliphatic rings. The third-order valence-electron chi connectivity index (χ3n) is 8.28. The number of aliphatic hydroxyl groups is 1. The van der Waals surface area contributed by atoms with Crippen molar-refractivity contribution in [2.45, 2.75) is 77.2 Å². The van der Waals surface area contributed by atoms with Crippen molar-refractivity contribution in [2.24, 2.45) is 11.3 Å². The van der Waals surface area contributed by atoms with Crippen molar-refractivity contribution >= 4 is 11.7 Å². The van der Waals surface area contributed by atoms with Crippen LogP contribution in [-0.4, -0.2) is 30.3 Å². The summed E-state index contributed by atoms with van der Waals surface area (Å²) in [5.74, 6) is 0.162. The predicted octanol–water partition coefficient (Wildman–Crippen LogP) is 5.98. The molecule has 4 rings (SSSR count). The molecule has 2 unspecified atom stereocenters. The van der Waals surface area contributed by atoms with E-state index in [0.29, 0.717) is 11.6 Å². The molecule has 2 aromatic carbocycles. The Bertz CT molecular complexity index is 1040. The number of ether oxygens (including phenoxy) is 1. The number of benzene rings is 2. The van der Waals surface area contributed by atoms with Crippen LogP contribution in [0.25, 0.3) is 0 Å². The molecule has 0 spiro atoms. The first-order valence-electron chi connectivity index (χ1n) is 12.6. The highest BCUT2D eigenvalue weighted by Gasteiger charge is 2.55. The molecule has 0 radical (unpaired) electrons. The largest absolute Gasteiger partial charge is 0.462 e. The number of anilines is 1. The van der Waals surface area contributed by atoms with Crippen LogP contribution in [0, 0.1) is 17.2 Å². The van der Waals surface area contributed by atoms with Crippen LogP contribution in [0.5, 0.6) is 0 Å². The zero-order valence-electron chi connectivity index (χ0n) is 20.9. The number of hydrogen-bond donors (Lipinski definition) is 2. The maximum Gasteiger partial charge on any atom is 0.312 e. The van der Waals surface area contributed by atoms with E-state index in [9.17, 15) is 14.3 Å². The lowest BCUT2D eigenvalue weighted by molar-refractivity contribution is -0.167. The SMILES string of the molecule is CC(C)c1ccc2c(c1)CCC1[C@](C)(C(=O)OCC(O)CNc3cccc(F)c3)CCC[C@]21C. The molecule has 0 amide bonds.